The third-order valence-corrected chi connectivity index (χ3v) is 3.35. The summed E-state index contributed by atoms with van der Waals surface area (Å²) in [5, 5.41) is 0.910. The summed E-state index contributed by atoms with van der Waals surface area (Å²) in [4.78, 5) is 26.5. The molecule has 0 radical (unpaired) electrons. The van der Waals surface area contributed by atoms with E-state index in [1.807, 2.05) is 24.3 Å². The van der Waals surface area contributed by atoms with Gasteiger partial charge in [0.05, 0.1) is 12.7 Å². The molecule has 1 aromatic carbocycles. The molecule has 0 saturated heterocycles. The molecule has 5 nitrogen and oxygen atoms in total. The zero-order valence-corrected chi connectivity index (χ0v) is 11.6. The lowest BCUT2D eigenvalue weighted by atomic mass is 10.1. The van der Waals surface area contributed by atoms with E-state index in [0.717, 1.165) is 10.9 Å². The molecule has 0 amide bonds. The summed E-state index contributed by atoms with van der Waals surface area (Å²) < 4.78 is 9.98. The number of ether oxygens (including phenoxy) is 1. The van der Waals surface area contributed by atoms with Gasteiger partial charge in [-0.2, -0.15) is 0 Å². The second-order valence-corrected chi connectivity index (χ2v) is 4.67. The third kappa shape index (κ3) is 2.23. The highest BCUT2D eigenvalue weighted by Crippen LogP contribution is 2.26. The molecule has 0 aliphatic rings. The van der Waals surface area contributed by atoms with Gasteiger partial charge in [0, 0.05) is 11.1 Å². The topological polar surface area (TPSA) is 72.3 Å². The molecule has 21 heavy (non-hydrogen) atoms. The normalized spacial score (nSPS) is 10.8. The minimum Gasteiger partial charge on any atom is -0.463 e. The van der Waals surface area contributed by atoms with Gasteiger partial charge in [-0.05, 0) is 30.5 Å². The molecule has 3 aromatic rings. The summed E-state index contributed by atoms with van der Waals surface area (Å²) in [5.74, 6) is 0.00954. The maximum absolute atomic E-state index is 12.2. The van der Waals surface area contributed by atoms with Crippen molar-refractivity contribution in [1.82, 2.24) is 4.98 Å². The minimum absolute atomic E-state index is 0.0811. The number of esters is 1. The van der Waals surface area contributed by atoms with Gasteiger partial charge in [-0.15, -0.1) is 0 Å². The number of fused-ring (bicyclic) bond motifs is 1. The lowest BCUT2D eigenvalue weighted by molar-refractivity contribution is 0.0563. The number of nitrogens with one attached hydrogen (secondary N) is 1. The SMILES string of the molecule is COC(=O)c1cc(-c2cc3ccccc3[nH]c2=O)c(C)o1. The first-order chi connectivity index (χ1) is 10.1. The smallest absolute Gasteiger partial charge is 0.373 e. The van der Waals surface area contributed by atoms with E-state index in [1.54, 1.807) is 13.0 Å². The highest BCUT2D eigenvalue weighted by Gasteiger charge is 2.18. The van der Waals surface area contributed by atoms with Crippen molar-refractivity contribution in [1.29, 1.82) is 0 Å². The summed E-state index contributed by atoms with van der Waals surface area (Å²) in [6, 6.07) is 10.8. The quantitative estimate of drug-likeness (QED) is 0.734. The molecule has 0 fully saturated rings. The van der Waals surface area contributed by atoms with E-state index in [1.165, 1.54) is 13.2 Å². The van der Waals surface area contributed by atoms with Crippen LogP contribution in [0.1, 0.15) is 16.3 Å². The van der Waals surface area contributed by atoms with Crippen LogP contribution in [0.25, 0.3) is 22.0 Å². The van der Waals surface area contributed by atoms with Gasteiger partial charge < -0.3 is 14.1 Å². The summed E-state index contributed by atoms with van der Waals surface area (Å²) in [6.07, 6.45) is 0. The summed E-state index contributed by atoms with van der Waals surface area (Å²) in [6.45, 7) is 1.70. The number of methoxy groups -OCH3 is 1. The predicted molar refractivity (Wildman–Crippen MR) is 78.3 cm³/mol. The lowest BCUT2D eigenvalue weighted by Gasteiger charge is -2.01. The number of hydrogen-bond donors (Lipinski definition) is 1. The van der Waals surface area contributed by atoms with Gasteiger partial charge in [-0.3, -0.25) is 4.79 Å². The van der Waals surface area contributed by atoms with Crippen molar-refractivity contribution in [3.63, 3.8) is 0 Å². The Morgan fingerprint density at radius 3 is 2.71 bits per heavy atom. The summed E-state index contributed by atoms with van der Waals surface area (Å²) in [7, 11) is 1.28. The Bertz CT molecular complexity index is 889. The second kappa shape index (κ2) is 4.94. The molecule has 5 heteroatoms. The van der Waals surface area contributed by atoms with E-state index in [2.05, 4.69) is 9.72 Å². The number of carbonyl (C=O) groups is 1. The minimum atomic E-state index is -0.568. The Balaban J connectivity index is 2.20. The zero-order valence-electron chi connectivity index (χ0n) is 11.6. The molecule has 2 aromatic heterocycles. The molecule has 0 unspecified atom stereocenters. The van der Waals surface area contributed by atoms with E-state index in [0.29, 0.717) is 16.9 Å². The molecule has 0 saturated carbocycles. The fourth-order valence-electron chi connectivity index (χ4n) is 2.30. The molecular weight excluding hydrogens is 270 g/mol. The molecular formula is C16H13NO4. The van der Waals surface area contributed by atoms with E-state index < -0.39 is 5.97 Å². The first kappa shape index (κ1) is 13.2. The van der Waals surface area contributed by atoms with Crippen LogP contribution in [0.5, 0.6) is 0 Å². The number of H-pyrrole nitrogens is 1. The van der Waals surface area contributed by atoms with Crippen LogP contribution in [0.2, 0.25) is 0 Å². The van der Waals surface area contributed by atoms with Gasteiger partial charge in [0.2, 0.25) is 5.76 Å². The first-order valence-corrected chi connectivity index (χ1v) is 6.41. The standard InChI is InChI=1S/C16H13NO4/c1-9-11(8-14(21-9)16(19)20-2)12-7-10-5-3-4-6-13(10)17-15(12)18/h3-8H,1-2H3,(H,17,18). The van der Waals surface area contributed by atoms with Crippen LogP contribution in [-0.2, 0) is 4.74 Å². The Kier molecular flexibility index (Phi) is 3.10. The Morgan fingerprint density at radius 2 is 1.95 bits per heavy atom. The number of furan rings is 1. The number of aryl methyl sites for hydroxylation is 1. The van der Waals surface area contributed by atoms with Crippen molar-refractivity contribution in [3.8, 4) is 11.1 Å². The molecule has 2 heterocycles. The molecule has 3 rings (SSSR count). The predicted octanol–water partition coefficient (Wildman–Crippen LogP) is 2.88. The number of hydrogen-bond acceptors (Lipinski definition) is 4. The number of rotatable bonds is 2. The molecule has 1 N–H and O–H groups in total. The van der Waals surface area contributed by atoms with Crippen molar-refractivity contribution < 1.29 is 13.9 Å². The van der Waals surface area contributed by atoms with Crippen LogP contribution < -0.4 is 5.56 Å². The number of carbonyl (C=O) groups excluding carboxylic acids is 1. The van der Waals surface area contributed by atoms with Crippen LogP contribution in [0, 0.1) is 6.92 Å². The summed E-state index contributed by atoms with van der Waals surface area (Å²) >= 11 is 0. The average Bonchev–Trinajstić information content (AvgIpc) is 2.87. The maximum atomic E-state index is 12.2. The van der Waals surface area contributed by atoms with E-state index >= 15 is 0 Å². The van der Waals surface area contributed by atoms with Gasteiger partial charge in [0.25, 0.3) is 5.56 Å². The molecule has 0 atom stereocenters. The monoisotopic (exact) mass is 283 g/mol. The zero-order chi connectivity index (χ0) is 15.0. The number of benzene rings is 1. The van der Waals surface area contributed by atoms with Crippen LogP contribution in [0.15, 0.2) is 45.6 Å². The third-order valence-electron chi connectivity index (χ3n) is 3.35. The average molecular weight is 283 g/mol. The van der Waals surface area contributed by atoms with Crippen LogP contribution in [0.3, 0.4) is 0 Å². The van der Waals surface area contributed by atoms with Crippen molar-refractivity contribution in [3.05, 3.63) is 58.3 Å². The van der Waals surface area contributed by atoms with Gasteiger partial charge in [-0.1, -0.05) is 18.2 Å². The van der Waals surface area contributed by atoms with Gasteiger partial charge >= 0.3 is 5.97 Å². The molecule has 0 aliphatic carbocycles. The second-order valence-electron chi connectivity index (χ2n) is 4.67. The van der Waals surface area contributed by atoms with E-state index in [9.17, 15) is 9.59 Å². The maximum Gasteiger partial charge on any atom is 0.373 e. The molecule has 0 spiro atoms. The van der Waals surface area contributed by atoms with Crippen LogP contribution >= 0.6 is 0 Å². The Labute approximate surface area is 120 Å². The van der Waals surface area contributed by atoms with Gasteiger partial charge in [0.1, 0.15) is 5.76 Å². The van der Waals surface area contributed by atoms with Crippen molar-refractivity contribution in [2.24, 2.45) is 0 Å². The van der Waals surface area contributed by atoms with Crippen molar-refractivity contribution >= 4 is 16.9 Å². The number of aromatic nitrogens is 1. The fraction of sp³-hybridized carbons (Fsp3) is 0.125. The number of para-hydroxylation sites is 1. The van der Waals surface area contributed by atoms with Crippen molar-refractivity contribution in [2.75, 3.05) is 7.11 Å². The fourth-order valence-corrected chi connectivity index (χ4v) is 2.30. The van der Waals surface area contributed by atoms with E-state index in [-0.39, 0.29) is 11.3 Å². The Morgan fingerprint density at radius 1 is 1.19 bits per heavy atom. The van der Waals surface area contributed by atoms with Crippen LogP contribution in [0.4, 0.5) is 0 Å². The lowest BCUT2D eigenvalue weighted by Crippen LogP contribution is -2.08. The largest absolute Gasteiger partial charge is 0.463 e. The summed E-state index contributed by atoms with van der Waals surface area (Å²) in [5.41, 5.74) is 1.59. The number of pyridine rings is 1. The van der Waals surface area contributed by atoms with E-state index in [4.69, 9.17) is 4.42 Å². The van der Waals surface area contributed by atoms with Gasteiger partial charge in [0.15, 0.2) is 0 Å². The number of aromatic amines is 1. The molecule has 0 aliphatic heterocycles. The highest BCUT2D eigenvalue weighted by molar-refractivity contribution is 5.90. The van der Waals surface area contributed by atoms with Crippen molar-refractivity contribution in [2.45, 2.75) is 6.92 Å². The molecule has 0 bridgehead atoms. The Hall–Kier alpha value is -2.82. The van der Waals surface area contributed by atoms with Gasteiger partial charge in [-0.25, -0.2) is 4.79 Å². The van der Waals surface area contributed by atoms with Crippen LogP contribution in [-0.4, -0.2) is 18.1 Å². The first-order valence-electron chi connectivity index (χ1n) is 6.41. The molecule has 106 valence electrons. The highest BCUT2D eigenvalue weighted by atomic mass is 16.5.